The molecule has 0 heterocycles. The predicted octanol–water partition coefficient (Wildman–Crippen LogP) is 2.36. The maximum absolute atomic E-state index is 11.3. The maximum atomic E-state index is 11.3. The minimum Gasteiger partial charge on any atom is -0.492 e. The van der Waals surface area contributed by atoms with Gasteiger partial charge in [0.1, 0.15) is 18.6 Å². The van der Waals surface area contributed by atoms with E-state index in [4.69, 9.17) is 25.8 Å². The van der Waals surface area contributed by atoms with Crippen LogP contribution < -0.4 is 10.1 Å². The molecule has 1 N–H and O–H groups in total. The molecule has 6 heteroatoms. The van der Waals surface area contributed by atoms with Gasteiger partial charge in [0, 0.05) is 19.6 Å². The fourth-order valence-corrected chi connectivity index (χ4v) is 1.58. The van der Waals surface area contributed by atoms with Crippen LogP contribution in [-0.2, 0) is 14.3 Å². The molecule has 0 fully saturated rings. The first-order chi connectivity index (χ1) is 9.69. The second-order valence-corrected chi connectivity index (χ2v) is 4.20. The lowest BCUT2D eigenvalue weighted by atomic mass is 10.1. The van der Waals surface area contributed by atoms with Crippen molar-refractivity contribution in [3.05, 3.63) is 36.1 Å². The van der Waals surface area contributed by atoms with E-state index < -0.39 is 0 Å². The number of halogens is 1. The number of methoxy groups -OCH3 is 1. The summed E-state index contributed by atoms with van der Waals surface area (Å²) in [5.41, 5.74) is 1.21. The Labute approximate surface area is 123 Å². The van der Waals surface area contributed by atoms with Crippen LogP contribution in [-0.4, -0.2) is 32.3 Å². The van der Waals surface area contributed by atoms with Crippen molar-refractivity contribution in [1.29, 1.82) is 0 Å². The minimum absolute atomic E-state index is 0.0911. The normalized spacial score (nSPS) is 11.1. The third-order valence-electron chi connectivity index (χ3n) is 2.21. The first kappa shape index (κ1) is 16.3. The molecule has 0 radical (unpaired) electrons. The zero-order chi connectivity index (χ0) is 14.8. The van der Waals surface area contributed by atoms with Crippen LogP contribution in [0, 0.1) is 0 Å². The van der Waals surface area contributed by atoms with Gasteiger partial charge in [0.15, 0.2) is 6.79 Å². The lowest BCUT2D eigenvalue weighted by Crippen LogP contribution is -2.19. The van der Waals surface area contributed by atoms with Crippen LogP contribution in [0.4, 0.5) is 0 Å². The fraction of sp³-hybridized carbons (Fsp3) is 0.357. The van der Waals surface area contributed by atoms with Crippen molar-refractivity contribution < 1.29 is 19.0 Å². The number of benzene rings is 1. The number of alkyl halides is 1. The summed E-state index contributed by atoms with van der Waals surface area (Å²) >= 11 is 5.62. The van der Waals surface area contributed by atoms with Crippen LogP contribution in [0.1, 0.15) is 12.5 Å². The SMILES string of the molecule is COCO/C=C(\NC(C)=O)c1ccccc1OCCCl. The molecule has 5 nitrogen and oxygen atoms in total. The molecule has 1 amide bonds. The van der Waals surface area contributed by atoms with Crippen molar-refractivity contribution in [2.45, 2.75) is 6.92 Å². The summed E-state index contributed by atoms with van der Waals surface area (Å²) in [4.78, 5) is 11.3. The number of para-hydroxylation sites is 1. The first-order valence-corrected chi connectivity index (χ1v) is 6.59. The van der Waals surface area contributed by atoms with Crippen molar-refractivity contribution in [1.82, 2.24) is 5.32 Å². The fourth-order valence-electron chi connectivity index (χ4n) is 1.50. The smallest absolute Gasteiger partial charge is 0.221 e. The largest absolute Gasteiger partial charge is 0.492 e. The molecule has 0 spiro atoms. The lowest BCUT2D eigenvalue weighted by molar-refractivity contribution is -0.117. The molecule has 20 heavy (non-hydrogen) atoms. The number of carbonyl (C=O) groups is 1. The quantitative estimate of drug-likeness (QED) is 0.346. The molecule has 1 aromatic carbocycles. The number of hydrogen-bond acceptors (Lipinski definition) is 4. The zero-order valence-corrected chi connectivity index (χ0v) is 12.3. The van der Waals surface area contributed by atoms with E-state index >= 15 is 0 Å². The molecule has 0 aliphatic heterocycles. The Morgan fingerprint density at radius 1 is 1.40 bits per heavy atom. The van der Waals surface area contributed by atoms with Gasteiger partial charge in [-0.25, -0.2) is 0 Å². The summed E-state index contributed by atoms with van der Waals surface area (Å²) in [6, 6.07) is 7.30. The summed E-state index contributed by atoms with van der Waals surface area (Å²) in [6.45, 7) is 1.89. The third-order valence-corrected chi connectivity index (χ3v) is 2.36. The summed E-state index contributed by atoms with van der Waals surface area (Å²) in [5.74, 6) is 0.798. The molecule has 0 aromatic heterocycles. The van der Waals surface area contributed by atoms with Crippen molar-refractivity contribution in [3.8, 4) is 5.75 Å². The number of rotatable bonds is 8. The molecule has 0 saturated carbocycles. The highest BCUT2D eigenvalue weighted by Crippen LogP contribution is 2.24. The predicted molar refractivity (Wildman–Crippen MR) is 77.4 cm³/mol. The van der Waals surface area contributed by atoms with Gasteiger partial charge in [0.05, 0.1) is 11.6 Å². The summed E-state index contributed by atoms with van der Waals surface area (Å²) in [5, 5.41) is 2.70. The van der Waals surface area contributed by atoms with Crippen LogP contribution >= 0.6 is 11.6 Å². The topological polar surface area (TPSA) is 56.8 Å². The maximum Gasteiger partial charge on any atom is 0.221 e. The van der Waals surface area contributed by atoms with Gasteiger partial charge in [0.25, 0.3) is 0 Å². The van der Waals surface area contributed by atoms with Crippen LogP contribution in [0.2, 0.25) is 0 Å². The molecule has 0 saturated heterocycles. The van der Waals surface area contributed by atoms with Gasteiger partial charge in [-0.1, -0.05) is 12.1 Å². The Morgan fingerprint density at radius 2 is 2.15 bits per heavy atom. The number of nitrogens with one attached hydrogen (secondary N) is 1. The average molecular weight is 300 g/mol. The zero-order valence-electron chi connectivity index (χ0n) is 11.5. The standard InChI is InChI=1S/C14H18ClNO4/c1-11(17)16-13(9-19-10-18-2)12-5-3-4-6-14(12)20-8-7-15/h3-6,9H,7-8,10H2,1-2H3,(H,16,17)/b13-9-. The molecule has 0 bridgehead atoms. The van der Waals surface area contributed by atoms with E-state index in [9.17, 15) is 4.79 Å². The number of hydrogen-bond donors (Lipinski definition) is 1. The van der Waals surface area contributed by atoms with Gasteiger partial charge in [-0.05, 0) is 12.1 Å². The monoisotopic (exact) mass is 299 g/mol. The average Bonchev–Trinajstić information content (AvgIpc) is 2.44. The first-order valence-electron chi connectivity index (χ1n) is 6.05. The van der Waals surface area contributed by atoms with Gasteiger partial charge in [-0.3, -0.25) is 4.79 Å². The highest BCUT2D eigenvalue weighted by molar-refractivity contribution is 6.18. The van der Waals surface area contributed by atoms with E-state index in [1.54, 1.807) is 6.07 Å². The molecule has 0 aliphatic carbocycles. The van der Waals surface area contributed by atoms with Gasteiger partial charge in [-0.15, -0.1) is 11.6 Å². The molecule has 110 valence electrons. The van der Waals surface area contributed by atoms with E-state index in [1.165, 1.54) is 20.3 Å². The van der Waals surface area contributed by atoms with Crippen molar-refractivity contribution in [3.63, 3.8) is 0 Å². The van der Waals surface area contributed by atoms with Crippen LogP contribution in [0.15, 0.2) is 30.5 Å². The van der Waals surface area contributed by atoms with Gasteiger partial charge in [-0.2, -0.15) is 0 Å². The number of ether oxygens (including phenoxy) is 3. The summed E-state index contributed by atoms with van der Waals surface area (Å²) in [7, 11) is 1.52. The molecular formula is C14H18ClNO4. The van der Waals surface area contributed by atoms with Gasteiger partial charge in [0.2, 0.25) is 5.91 Å². The van der Waals surface area contributed by atoms with E-state index in [2.05, 4.69) is 5.32 Å². The highest BCUT2D eigenvalue weighted by atomic mass is 35.5. The van der Waals surface area contributed by atoms with Crippen molar-refractivity contribution in [2.75, 3.05) is 26.4 Å². The van der Waals surface area contributed by atoms with E-state index in [1.807, 2.05) is 18.2 Å². The van der Waals surface area contributed by atoms with Crippen LogP contribution in [0.5, 0.6) is 5.75 Å². The van der Waals surface area contributed by atoms with Crippen LogP contribution in [0.3, 0.4) is 0 Å². The lowest BCUT2D eigenvalue weighted by Gasteiger charge is -2.14. The molecule has 1 aromatic rings. The third kappa shape index (κ3) is 5.50. The Morgan fingerprint density at radius 3 is 2.80 bits per heavy atom. The number of amides is 1. The van der Waals surface area contributed by atoms with Crippen molar-refractivity contribution in [2.24, 2.45) is 0 Å². The van der Waals surface area contributed by atoms with Gasteiger partial charge < -0.3 is 19.5 Å². The van der Waals surface area contributed by atoms with Crippen molar-refractivity contribution >= 4 is 23.2 Å². The number of carbonyl (C=O) groups excluding carboxylic acids is 1. The summed E-state index contributed by atoms with van der Waals surface area (Å²) in [6.07, 6.45) is 1.42. The minimum atomic E-state index is -0.204. The molecule has 0 aliphatic rings. The van der Waals surface area contributed by atoms with E-state index in [0.29, 0.717) is 29.5 Å². The Kier molecular flexibility index (Phi) is 7.54. The second kappa shape index (κ2) is 9.23. The molecule has 0 unspecified atom stereocenters. The molecule has 1 rings (SSSR count). The second-order valence-electron chi connectivity index (χ2n) is 3.82. The van der Waals surface area contributed by atoms with Crippen LogP contribution in [0.25, 0.3) is 5.70 Å². The van der Waals surface area contributed by atoms with Gasteiger partial charge >= 0.3 is 0 Å². The molecular weight excluding hydrogens is 282 g/mol. The summed E-state index contributed by atoms with van der Waals surface area (Å²) < 4.78 is 15.5. The van der Waals surface area contributed by atoms with E-state index in [0.717, 1.165) is 0 Å². The Bertz CT molecular complexity index is 462. The molecule has 0 atom stereocenters. The van der Waals surface area contributed by atoms with E-state index in [-0.39, 0.29) is 12.7 Å². The highest BCUT2D eigenvalue weighted by Gasteiger charge is 2.10. The Balaban J connectivity index is 2.99. The Hall–Kier alpha value is -1.72.